The van der Waals surface area contributed by atoms with Gasteiger partial charge in [0.15, 0.2) is 0 Å². The summed E-state index contributed by atoms with van der Waals surface area (Å²) in [6.45, 7) is 0. The Balaban J connectivity index is 1.91. The average molecular weight is 302 g/mol. The van der Waals surface area contributed by atoms with Gasteiger partial charge in [-0.15, -0.1) is 11.8 Å². The van der Waals surface area contributed by atoms with Crippen LogP contribution in [0.4, 0.5) is 14.5 Å². The summed E-state index contributed by atoms with van der Waals surface area (Å²) in [5.74, 6) is -0.246. The lowest BCUT2D eigenvalue weighted by molar-refractivity contribution is 0.603. The number of nitrogens with zero attached hydrogens (tertiary/aromatic N) is 1. The van der Waals surface area contributed by atoms with Gasteiger partial charge in [0.25, 0.3) is 0 Å². The molecule has 0 unspecified atom stereocenters. The molecule has 106 valence electrons. The van der Waals surface area contributed by atoms with Crippen molar-refractivity contribution in [1.29, 1.82) is 0 Å². The maximum atomic E-state index is 13.8. The zero-order valence-corrected chi connectivity index (χ0v) is 11.8. The minimum Gasteiger partial charge on any atom is -0.399 e. The van der Waals surface area contributed by atoms with Crippen LogP contribution in [-0.2, 0) is 5.75 Å². The van der Waals surface area contributed by atoms with Crippen molar-refractivity contribution < 1.29 is 8.78 Å². The van der Waals surface area contributed by atoms with Gasteiger partial charge in [-0.3, -0.25) is 4.98 Å². The van der Waals surface area contributed by atoms with Gasteiger partial charge in [-0.25, -0.2) is 8.78 Å². The number of pyridine rings is 1. The fourth-order valence-corrected chi connectivity index (χ4v) is 3.02. The fourth-order valence-electron chi connectivity index (χ4n) is 2.13. The molecule has 21 heavy (non-hydrogen) atoms. The highest BCUT2D eigenvalue weighted by molar-refractivity contribution is 7.98. The zero-order chi connectivity index (χ0) is 14.8. The average Bonchev–Trinajstić information content (AvgIpc) is 2.46. The Bertz CT molecular complexity index is 805. The first-order chi connectivity index (χ1) is 10.1. The number of rotatable bonds is 3. The molecular formula is C16H12F2N2S. The van der Waals surface area contributed by atoms with E-state index in [2.05, 4.69) is 4.98 Å². The van der Waals surface area contributed by atoms with Gasteiger partial charge in [-0.2, -0.15) is 0 Å². The van der Waals surface area contributed by atoms with Crippen molar-refractivity contribution in [3.63, 3.8) is 0 Å². The van der Waals surface area contributed by atoms with E-state index in [-0.39, 0.29) is 11.6 Å². The largest absolute Gasteiger partial charge is 0.399 e. The number of nitrogens with two attached hydrogens (primary N) is 1. The van der Waals surface area contributed by atoms with Crippen LogP contribution in [0, 0.1) is 11.6 Å². The number of fused-ring (bicyclic) bond motifs is 1. The lowest BCUT2D eigenvalue weighted by Crippen LogP contribution is -1.91. The van der Waals surface area contributed by atoms with Crippen molar-refractivity contribution in [1.82, 2.24) is 4.98 Å². The van der Waals surface area contributed by atoms with Gasteiger partial charge in [0.05, 0.1) is 5.52 Å². The quantitative estimate of drug-likeness (QED) is 0.576. The summed E-state index contributed by atoms with van der Waals surface area (Å²) in [4.78, 5) is 4.76. The molecule has 0 aliphatic rings. The second kappa shape index (κ2) is 5.69. The summed E-state index contributed by atoms with van der Waals surface area (Å²) in [6, 6.07) is 11.0. The minimum absolute atomic E-state index is 0.316. The molecule has 3 rings (SSSR count). The third-order valence-corrected chi connectivity index (χ3v) is 4.19. The van der Waals surface area contributed by atoms with Crippen molar-refractivity contribution in [3.8, 4) is 0 Å². The Morgan fingerprint density at radius 3 is 2.76 bits per heavy atom. The molecule has 0 amide bonds. The Morgan fingerprint density at radius 2 is 1.95 bits per heavy atom. The van der Waals surface area contributed by atoms with Gasteiger partial charge in [-0.05, 0) is 42.0 Å². The normalized spacial score (nSPS) is 11.0. The van der Waals surface area contributed by atoms with E-state index < -0.39 is 0 Å². The van der Waals surface area contributed by atoms with Gasteiger partial charge in [0, 0.05) is 27.9 Å². The molecule has 0 atom stereocenters. The maximum Gasteiger partial charge on any atom is 0.138 e. The summed E-state index contributed by atoms with van der Waals surface area (Å²) >= 11 is 1.30. The predicted octanol–water partition coefficient (Wildman–Crippen LogP) is 4.39. The number of halogens is 2. The van der Waals surface area contributed by atoms with Gasteiger partial charge < -0.3 is 5.73 Å². The maximum absolute atomic E-state index is 13.8. The first-order valence-corrected chi connectivity index (χ1v) is 7.33. The van der Waals surface area contributed by atoms with Crippen LogP contribution in [-0.4, -0.2) is 4.98 Å². The lowest BCUT2D eigenvalue weighted by Gasteiger charge is -2.07. The van der Waals surface area contributed by atoms with Crippen LogP contribution < -0.4 is 5.73 Å². The molecule has 0 radical (unpaired) electrons. The van der Waals surface area contributed by atoms with Crippen molar-refractivity contribution >= 4 is 28.4 Å². The van der Waals surface area contributed by atoms with Crippen LogP contribution in [0.15, 0.2) is 53.6 Å². The van der Waals surface area contributed by atoms with E-state index in [1.807, 2.05) is 6.07 Å². The van der Waals surface area contributed by atoms with E-state index in [0.717, 1.165) is 16.5 Å². The summed E-state index contributed by atoms with van der Waals surface area (Å²) < 4.78 is 27.4. The van der Waals surface area contributed by atoms with E-state index in [4.69, 9.17) is 5.73 Å². The molecular weight excluding hydrogens is 290 g/mol. The fraction of sp³-hybridized carbons (Fsp3) is 0.0625. The molecule has 0 fully saturated rings. The Hall–Kier alpha value is -2.14. The van der Waals surface area contributed by atoms with Crippen molar-refractivity contribution in [3.05, 3.63) is 65.9 Å². The van der Waals surface area contributed by atoms with Crippen molar-refractivity contribution in [2.45, 2.75) is 10.6 Å². The smallest absolute Gasteiger partial charge is 0.138 e. The molecule has 0 aliphatic heterocycles. The van der Waals surface area contributed by atoms with Crippen LogP contribution in [0.1, 0.15) is 5.56 Å². The molecule has 0 spiro atoms. The molecule has 1 aromatic heterocycles. The summed E-state index contributed by atoms with van der Waals surface area (Å²) in [6.07, 6.45) is 1.66. The third kappa shape index (κ3) is 2.97. The van der Waals surface area contributed by atoms with Crippen LogP contribution in [0.2, 0.25) is 0 Å². The molecule has 2 N–H and O–H groups in total. The second-order valence-electron chi connectivity index (χ2n) is 4.62. The van der Waals surface area contributed by atoms with E-state index in [1.54, 1.807) is 24.4 Å². The van der Waals surface area contributed by atoms with E-state index in [0.29, 0.717) is 16.3 Å². The summed E-state index contributed by atoms with van der Waals surface area (Å²) in [5, 5.41) is 0.742. The standard InChI is InChI=1S/C16H12F2N2S/c17-12-6-10-2-1-5-20-16(10)11(7-12)9-21-15-4-3-13(19)8-14(15)18/h1-8H,9,19H2. The second-order valence-corrected chi connectivity index (χ2v) is 5.64. The molecule has 3 aromatic rings. The van der Waals surface area contributed by atoms with E-state index >= 15 is 0 Å². The lowest BCUT2D eigenvalue weighted by atomic mass is 10.1. The third-order valence-electron chi connectivity index (χ3n) is 3.09. The van der Waals surface area contributed by atoms with Crippen LogP contribution in [0.3, 0.4) is 0 Å². The number of hydrogen-bond acceptors (Lipinski definition) is 3. The number of anilines is 1. The molecule has 2 nitrogen and oxygen atoms in total. The van der Waals surface area contributed by atoms with Gasteiger partial charge >= 0.3 is 0 Å². The highest BCUT2D eigenvalue weighted by atomic mass is 32.2. The molecule has 5 heteroatoms. The number of hydrogen-bond donors (Lipinski definition) is 1. The highest BCUT2D eigenvalue weighted by Gasteiger charge is 2.08. The Morgan fingerprint density at radius 1 is 1.10 bits per heavy atom. The first kappa shape index (κ1) is 13.8. The number of nitrogen functional groups attached to an aromatic ring is 1. The topological polar surface area (TPSA) is 38.9 Å². The number of benzene rings is 2. The van der Waals surface area contributed by atoms with Gasteiger partial charge in [0.2, 0.25) is 0 Å². The molecule has 2 aromatic carbocycles. The minimum atomic E-state index is -0.367. The zero-order valence-electron chi connectivity index (χ0n) is 11.0. The number of thioether (sulfide) groups is 1. The Labute approximate surface area is 125 Å². The van der Waals surface area contributed by atoms with Crippen molar-refractivity contribution in [2.75, 3.05) is 5.73 Å². The van der Waals surface area contributed by atoms with Crippen LogP contribution in [0.25, 0.3) is 10.9 Å². The predicted molar refractivity (Wildman–Crippen MR) is 82.1 cm³/mol. The summed E-state index contributed by atoms with van der Waals surface area (Å²) in [5.41, 5.74) is 7.38. The van der Waals surface area contributed by atoms with E-state index in [9.17, 15) is 8.78 Å². The van der Waals surface area contributed by atoms with Crippen LogP contribution >= 0.6 is 11.8 Å². The summed E-state index contributed by atoms with van der Waals surface area (Å²) in [7, 11) is 0. The molecule has 0 saturated heterocycles. The van der Waals surface area contributed by atoms with Gasteiger partial charge in [-0.1, -0.05) is 6.07 Å². The van der Waals surface area contributed by atoms with Crippen LogP contribution in [0.5, 0.6) is 0 Å². The van der Waals surface area contributed by atoms with Gasteiger partial charge in [0.1, 0.15) is 11.6 Å². The number of aromatic nitrogens is 1. The molecule has 1 heterocycles. The molecule has 0 bridgehead atoms. The molecule has 0 aliphatic carbocycles. The SMILES string of the molecule is Nc1ccc(SCc2cc(F)cc3cccnc23)c(F)c1. The van der Waals surface area contributed by atoms with E-state index in [1.165, 1.54) is 30.0 Å². The highest BCUT2D eigenvalue weighted by Crippen LogP contribution is 2.29. The monoisotopic (exact) mass is 302 g/mol. The Kier molecular flexibility index (Phi) is 3.75. The first-order valence-electron chi connectivity index (χ1n) is 6.34. The molecule has 0 saturated carbocycles. The van der Waals surface area contributed by atoms with Crippen molar-refractivity contribution in [2.24, 2.45) is 0 Å².